The second kappa shape index (κ2) is 16.1. The molecule has 2 aromatic heterocycles. The summed E-state index contributed by atoms with van der Waals surface area (Å²) < 4.78 is 22.7. The number of furan rings is 1. The Bertz CT molecular complexity index is 3980. The van der Waals surface area contributed by atoms with Crippen molar-refractivity contribution in [1.82, 2.24) is 4.57 Å². The van der Waals surface area contributed by atoms with E-state index in [2.05, 4.69) is 216 Å². The van der Waals surface area contributed by atoms with Gasteiger partial charge in [-0.2, -0.15) is 0 Å². The molecular weight excluding hydrogens is 900 g/mol. The van der Waals surface area contributed by atoms with Gasteiger partial charge in [-0.05, 0) is 114 Å². The molecule has 14 rings (SSSR count). The van der Waals surface area contributed by atoms with Crippen LogP contribution in [0.1, 0.15) is 22.3 Å². The van der Waals surface area contributed by atoms with Crippen LogP contribution in [-0.4, -0.2) is 4.57 Å². The van der Waals surface area contributed by atoms with Crippen molar-refractivity contribution in [2.45, 2.75) is 15.2 Å². The van der Waals surface area contributed by atoms with E-state index in [0.717, 1.165) is 122 Å². The molecule has 0 radical (unpaired) electrons. The van der Waals surface area contributed by atoms with Crippen LogP contribution in [0.5, 0.6) is 23.0 Å². The normalized spacial score (nSPS) is 13.2. The van der Waals surface area contributed by atoms with Gasteiger partial charge in [0.25, 0.3) is 0 Å². The summed E-state index contributed by atoms with van der Waals surface area (Å²) in [5, 5.41) is 3.82. The summed E-state index contributed by atoms with van der Waals surface area (Å²) in [7, 11) is 0. The Morgan fingerprint density at radius 1 is 0.471 bits per heavy atom. The van der Waals surface area contributed by atoms with E-state index in [1.165, 1.54) is 0 Å². The molecule has 0 aliphatic carbocycles. The molecule has 5 nitrogen and oxygen atoms in total. The van der Waals surface area contributed by atoms with Crippen LogP contribution in [0.25, 0.3) is 49.7 Å². The van der Waals surface area contributed by atoms with Crippen LogP contribution in [0, 0.1) is 0 Å². The molecule has 4 heterocycles. The minimum Gasteiger partial charge on any atom is -0.457 e. The van der Waals surface area contributed by atoms with Gasteiger partial charge in [-0.3, -0.25) is 0 Å². The van der Waals surface area contributed by atoms with Crippen LogP contribution < -0.4 is 14.4 Å². The molecule has 0 saturated heterocycles. The lowest BCUT2D eigenvalue weighted by atomic mass is 9.63. The molecule has 0 atom stereocenters. The lowest BCUT2D eigenvalue weighted by Crippen LogP contribution is -2.34. The fourth-order valence-corrected chi connectivity index (χ4v) is 12.0. The monoisotopic (exact) mass is 938 g/mol. The molecule has 0 N–H and O–H groups in total. The molecule has 0 spiro atoms. The van der Waals surface area contributed by atoms with Crippen molar-refractivity contribution < 1.29 is 13.9 Å². The van der Waals surface area contributed by atoms with Crippen LogP contribution in [0.15, 0.2) is 251 Å². The first-order valence-corrected chi connectivity index (χ1v) is 24.5. The zero-order valence-corrected chi connectivity index (χ0v) is 39.0. The van der Waals surface area contributed by atoms with E-state index in [9.17, 15) is 0 Å². The predicted molar refractivity (Wildman–Crippen MR) is 285 cm³/mol. The van der Waals surface area contributed by atoms with Gasteiger partial charge in [-0.25, -0.2) is 0 Å². The number of benzene rings is 10. The first-order valence-electron chi connectivity index (χ1n) is 23.3. The number of ether oxygens (including phenoxy) is 2. The summed E-state index contributed by atoms with van der Waals surface area (Å²) in [5.41, 5.74) is 12.0. The summed E-state index contributed by atoms with van der Waals surface area (Å²) >= 11 is 8.70. The van der Waals surface area contributed by atoms with Gasteiger partial charge in [-0.15, -0.1) is 0 Å². The molecular formula is C63H39ClN2O3S. The van der Waals surface area contributed by atoms with E-state index in [-0.39, 0.29) is 0 Å². The molecule has 10 aromatic carbocycles. The minimum absolute atomic E-state index is 0.637. The molecule has 332 valence electrons. The van der Waals surface area contributed by atoms with Crippen molar-refractivity contribution >= 4 is 73.3 Å². The van der Waals surface area contributed by atoms with Gasteiger partial charge >= 0.3 is 0 Å². The van der Waals surface area contributed by atoms with E-state index in [0.29, 0.717) is 5.02 Å². The Labute approximate surface area is 413 Å². The lowest BCUT2D eigenvalue weighted by molar-refractivity contribution is 0.434. The van der Waals surface area contributed by atoms with Crippen LogP contribution >= 0.6 is 23.4 Å². The van der Waals surface area contributed by atoms with Crippen molar-refractivity contribution in [1.29, 1.82) is 0 Å². The average Bonchev–Trinajstić information content (AvgIpc) is 4.02. The number of hydrogen-bond donors (Lipinski definition) is 0. The molecule has 12 aromatic rings. The highest BCUT2D eigenvalue weighted by Gasteiger charge is 2.46. The molecule has 7 heteroatoms. The number of aromatic nitrogens is 1. The van der Waals surface area contributed by atoms with Gasteiger partial charge in [-0.1, -0.05) is 151 Å². The molecule has 70 heavy (non-hydrogen) atoms. The highest BCUT2D eigenvalue weighted by atomic mass is 35.5. The van der Waals surface area contributed by atoms with Crippen LogP contribution in [0.2, 0.25) is 5.02 Å². The second-order valence-electron chi connectivity index (χ2n) is 17.8. The van der Waals surface area contributed by atoms with Gasteiger partial charge in [0.15, 0.2) is 0 Å². The summed E-state index contributed by atoms with van der Waals surface area (Å²) in [6.07, 6.45) is 2.15. The van der Waals surface area contributed by atoms with E-state index < -0.39 is 5.41 Å². The minimum atomic E-state index is -0.809. The molecule has 0 amide bonds. The maximum absolute atomic E-state index is 6.97. The number of nitrogens with zero attached hydrogens (tertiary/aromatic N) is 2. The highest BCUT2D eigenvalue weighted by molar-refractivity contribution is 7.99. The molecule has 2 aliphatic heterocycles. The number of rotatable bonds is 7. The molecule has 2 aliphatic rings. The standard InChI is InChI=1S/C63H39ClN2O3S/c64-43-28-31-56-52(35-43)63(41-15-4-1-5-16-41,42-17-6-2-7-18-42)53-38-45(30-32-57(53)67-56)66(46-29-27-40-33-34-65(54(40)39-46)44-19-8-3-9-20-44)47-36-50-48-21-10-11-23-55(48)69-61(50)51(37-47)49-22-14-25-59-62(49)70-60-26-13-12-24-58(60)68-59/h1-39H. The molecule has 0 bridgehead atoms. The quantitative estimate of drug-likeness (QED) is 0.159. The van der Waals surface area contributed by atoms with Crippen molar-refractivity contribution in [3.63, 3.8) is 0 Å². The Morgan fingerprint density at radius 3 is 1.94 bits per heavy atom. The first kappa shape index (κ1) is 40.6. The van der Waals surface area contributed by atoms with E-state index >= 15 is 0 Å². The third-order valence-electron chi connectivity index (χ3n) is 13.8. The third kappa shape index (κ3) is 6.34. The Balaban J connectivity index is 1.07. The highest BCUT2D eigenvalue weighted by Crippen LogP contribution is 2.58. The lowest BCUT2D eigenvalue weighted by Gasteiger charge is -2.42. The van der Waals surface area contributed by atoms with Crippen molar-refractivity contribution in [2.24, 2.45) is 0 Å². The largest absolute Gasteiger partial charge is 0.457 e. The maximum Gasteiger partial charge on any atom is 0.143 e. The number of fused-ring (bicyclic) bond motifs is 8. The first-order chi connectivity index (χ1) is 34.6. The SMILES string of the molecule is Clc1ccc2c(c1)C(c1ccccc1)(c1ccccc1)c1cc(N(c3cc(-c4cccc5c4Sc4ccccc4O5)c4oc5ccccc5c4c3)c3ccc4ccn(-c5ccccc5)c4c3)ccc1O2. The van der Waals surface area contributed by atoms with Crippen molar-refractivity contribution in [3.05, 3.63) is 264 Å². The Morgan fingerprint density at radius 2 is 1.13 bits per heavy atom. The van der Waals surface area contributed by atoms with Crippen LogP contribution in [0.4, 0.5) is 17.1 Å². The van der Waals surface area contributed by atoms with Crippen molar-refractivity contribution in [2.75, 3.05) is 4.90 Å². The smallest absolute Gasteiger partial charge is 0.143 e. The number of anilines is 3. The van der Waals surface area contributed by atoms with E-state index in [4.69, 9.17) is 25.5 Å². The summed E-state index contributed by atoms with van der Waals surface area (Å²) in [6.45, 7) is 0. The molecule has 0 unspecified atom stereocenters. The fourth-order valence-electron chi connectivity index (χ4n) is 10.8. The van der Waals surface area contributed by atoms with Crippen LogP contribution in [-0.2, 0) is 5.41 Å². The van der Waals surface area contributed by atoms with Crippen LogP contribution in [0.3, 0.4) is 0 Å². The zero-order chi connectivity index (χ0) is 46.3. The van der Waals surface area contributed by atoms with Gasteiger partial charge in [0.2, 0.25) is 0 Å². The summed E-state index contributed by atoms with van der Waals surface area (Å²) in [4.78, 5) is 4.48. The topological polar surface area (TPSA) is 39.8 Å². The Hall–Kier alpha value is -8.42. The van der Waals surface area contributed by atoms with E-state index in [1.807, 2.05) is 30.3 Å². The second-order valence-corrected chi connectivity index (χ2v) is 19.2. The van der Waals surface area contributed by atoms with Gasteiger partial charge in [0, 0.05) is 72.4 Å². The third-order valence-corrected chi connectivity index (χ3v) is 15.3. The average molecular weight is 940 g/mol. The van der Waals surface area contributed by atoms with Gasteiger partial charge < -0.3 is 23.4 Å². The molecule has 0 saturated carbocycles. The Kier molecular flexibility index (Phi) is 9.34. The predicted octanol–water partition coefficient (Wildman–Crippen LogP) is 18.1. The van der Waals surface area contributed by atoms with Gasteiger partial charge in [0.1, 0.15) is 34.2 Å². The fraction of sp³-hybridized carbons (Fsp3) is 0.0159. The summed E-state index contributed by atoms with van der Waals surface area (Å²) in [5.74, 6) is 3.20. The maximum atomic E-state index is 6.97. The number of para-hydroxylation sites is 3. The number of halogens is 1. The zero-order valence-electron chi connectivity index (χ0n) is 37.4. The van der Waals surface area contributed by atoms with E-state index in [1.54, 1.807) is 11.8 Å². The van der Waals surface area contributed by atoms with Gasteiger partial charge in [0.05, 0.1) is 20.7 Å². The molecule has 0 fully saturated rings. The number of hydrogen-bond acceptors (Lipinski definition) is 5. The summed E-state index contributed by atoms with van der Waals surface area (Å²) in [6, 6.07) is 81.0. The van der Waals surface area contributed by atoms with Crippen molar-refractivity contribution in [3.8, 4) is 39.8 Å².